The monoisotopic (exact) mass is 441 g/mol. The average Bonchev–Trinajstić information content (AvgIpc) is 3.24. The van der Waals surface area contributed by atoms with Gasteiger partial charge in [0.2, 0.25) is 0 Å². The van der Waals surface area contributed by atoms with Gasteiger partial charge in [-0.15, -0.1) is 10.2 Å². The number of benzene rings is 3. The molecule has 3 aromatic rings. The van der Waals surface area contributed by atoms with E-state index in [1.807, 2.05) is 12.1 Å². The average molecular weight is 442 g/mol. The molecule has 0 spiro atoms. The van der Waals surface area contributed by atoms with Crippen LogP contribution in [0.15, 0.2) is 60.8 Å². The molecule has 166 valence electrons. The van der Waals surface area contributed by atoms with E-state index in [2.05, 4.69) is 53.0 Å². The van der Waals surface area contributed by atoms with Gasteiger partial charge in [0, 0.05) is 35.3 Å². The van der Waals surface area contributed by atoms with Crippen LogP contribution in [0.2, 0.25) is 0 Å². The molecule has 33 heavy (non-hydrogen) atoms. The summed E-state index contributed by atoms with van der Waals surface area (Å²) in [5.41, 5.74) is 7.84. The van der Waals surface area contributed by atoms with Gasteiger partial charge in [-0.2, -0.15) is 0 Å². The zero-order chi connectivity index (χ0) is 23.1. The van der Waals surface area contributed by atoms with Crippen molar-refractivity contribution in [2.75, 3.05) is 14.2 Å². The van der Waals surface area contributed by atoms with Gasteiger partial charge in [0.1, 0.15) is 17.2 Å². The molecule has 0 amide bonds. The number of aromatic nitrogens is 3. The predicted octanol–water partition coefficient (Wildman–Crippen LogP) is 6.02. The maximum Gasteiger partial charge on any atom is 0.162 e. The minimum Gasteiger partial charge on any atom is -0.493 e. The third kappa shape index (κ3) is 3.67. The molecule has 0 unspecified atom stereocenters. The molecule has 0 radical (unpaired) electrons. The molecule has 0 saturated carbocycles. The lowest BCUT2D eigenvalue weighted by molar-refractivity contribution is 0.355. The fourth-order valence-electron chi connectivity index (χ4n) is 4.32. The number of fused-ring (bicyclic) bond motifs is 3. The number of rotatable bonds is 5. The quantitative estimate of drug-likeness (QED) is 0.334. The lowest BCUT2D eigenvalue weighted by Gasteiger charge is -2.18. The molecule has 2 aliphatic heterocycles. The van der Waals surface area contributed by atoms with Crippen LogP contribution in [0.3, 0.4) is 0 Å². The van der Waals surface area contributed by atoms with Crippen molar-refractivity contribution in [1.82, 2.24) is 14.8 Å². The fraction of sp³-hybridized carbons (Fsp3) is 0.185. The van der Waals surface area contributed by atoms with Gasteiger partial charge < -0.3 is 14.0 Å². The molecule has 0 bridgehead atoms. The molecule has 6 heteroatoms. The Morgan fingerprint density at radius 3 is 2.24 bits per heavy atom. The molecule has 0 atom stereocenters. The van der Waals surface area contributed by atoms with Gasteiger partial charge in [-0.05, 0) is 55.3 Å². The predicted molar refractivity (Wildman–Crippen MR) is 128 cm³/mol. The van der Waals surface area contributed by atoms with Gasteiger partial charge in [0.15, 0.2) is 11.5 Å². The summed E-state index contributed by atoms with van der Waals surface area (Å²) in [4.78, 5) is 0. The second-order valence-electron chi connectivity index (χ2n) is 8.23. The Kier molecular flexibility index (Phi) is 5.21. The first-order valence-electron chi connectivity index (χ1n) is 10.7. The van der Waals surface area contributed by atoms with Crippen molar-refractivity contribution in [2.45, 2.75) is 20.4 Å². The molecule has 2 heterocycles. The van der Waals surface area contributed by atoms with Crippen LogP contribution in [-0.4, -0.2) is 29.0 Å². The summed E-state index contributed by atoms with van der Waals surface area (Å²) < 4.78 is 26.8. The van der Waals surface area contributed by atoms with Crippen LogP contribution in [-0.2, 0) is 6.54 Å². The normalized spacial score (nSPS) is 11.3. The Bertz CT molecular complexity index is 1440. The molecule has 0 aliphatic carbocycles. The van der Waals surface area contributed by atoms with Crippen LogP contribution in [0.5, 0.6) is 11.5 Å². The number of hydrogen-bond donors (Lipinski definition) is 0. The van der Waals surface area contributed by atoms with E-state index in [1.165, 1.54) is 28.8 Å². The van der Waals surface area contributed by atoms with Gasteiger partial charge >= 0.3 is 0 Å². The zero-order valence-electron chi connectivity index (χ0n) is 19.0. The summed E-state index contributed by atoms with van der Waals surface area (Å²) in [5.74, 6) is 0.994. The van der Waals surface area contributed by atoms with Crippen LogP contribution in [0.25, 0.3) is 33.4 Å². The molecule has 3 aromatic carbocycles. The van der Waals surface area contributed by atoms with Gasteiger partial charge in [-0.1, -0.05) is 23.8 Å². The third-order valence-corrected chi connectivity index (χ3v) is 6.07. The van der Waals surface area contributed by atoms with Crippen LogP contribution in [0, 0.1) is 19.7 Å². The number of halogens is 1. The van der Waals surface area contributed by atoms with Crippen molar-refractivity contribution in [3.8, 4) is 34.0 Å². The first-order valence-corrected chi connectivity index (χ1v) is 10.7. The Balaban J connectivity index is 1.78. The summed E-state index contributed by atoms with van der Waals surface area (Å²) in [6, 6.07) is 16.7. The second kappa shape index (κ2) is 8.20. The van der Waals surface area contributed by atoms with E-state index in [1.54, 1.807) is 26.4 Å². The molecule has 0 fully saturated rings. The standard InChI is InChI=1S/C27H24FN3O2/c1-16-5-6-19(17(2)11-16)14-31-15-22-26(18-7-9-20(28)10-8-18)29-30-27(22)21-12-24(32-3)25(33-4)13-23(21)31/h5-13,15H,14H2,1-4H3. The summed E-state index contributed by atoms with van der Waals surface area (Å²) in [6.45, 7) is 4.89. The van der Waals surface area contributed by atoms with Crippen LogP contribution in [0.4, 0.5) is 4.39 Å². The lowest BCUT2D eigenvalue weighted by Crippen LogP contribution is -2.06. The maximum absolute atomic E-state index is 13.5. The van der Waals surface area contributed by atoms with Crippen molar-refractivity contribution in [2.24, 2.45) is 0 Å². The van der Waals surface area contributed by atoms with E-state index in [-0.39, 0.29) is 5.82 Å². The van der Waals surface area contributed by atoms with Crippen molar-refractivity contribution in [3.05, 3.63) is 83.3 Å². The highest BCUT2D eigenvalue weighted by molar-refractivity contribution is 5.99. The summed E-state index contributed by atoms with van der Waals surface area (Å²) in [6.07, 6.45) is 2.07. The van der Waals surface area contributed by atoms with E-state index in [4.69, 9.17) is 9.47 Å². The van der Waals surface area contributed by atoms with E-state index >= 15 is 0 Å². The molecule has 0 saturated heterocycles. The Morgan fingerprint density at radius 2 is 1.55 bits per heavy atom. The first-order chi connectivity index (χ1) is 16.0. The Hall–Kier alpha value is -3.93. The zero-order valence-corrected chi connectivity index (χ0v) is 19.0. The Morgan fingerprint density at radius 1 is 0.848 bits per heavy atom. The second-order valence-corrected chi connectivity index (χ2v) is 8.23. The number of nitrogens with zero attached hydrogens (tertiary/aromatic N) is 3. The molecule has 0 aromatic heterocycles. The number of pyridine rings is 1. The van der Waals surface area contributed by atoms with Crippen LogP contribution in [0.1, 0.15) is 16.7 Å². The van der Waals surface area contributed by atoms with E-state index < -0.39 is 0 Å². The summed E-state index contributed by atoms with van der Waals surface area (Å²) >= 11 is 0. The highest BCUT2D eigenvalue weighted by Crippen LogP contribution is 2.41. The van der Waals surface area contributed by atoms with Gasteiger partial charge in [-0.25, -0.2) is 4.39 Å². The van der Waals surface area contributed by atoms with Gasteiger partial charge in [0.05, 0.1) is 19.7 Å². The smallest absolute Gasteiger partial charge is 0.162 e. The number of ether oxygens (including phenoxy) is 2. The number of hydrogen-bond acceptors (Lipinski definition) is 4. The molecular formula is C27H24FN3O2. The van der Waals surface area contributed by atoms with Crippen LogP contribution >= 0.6 is 0 Å². The SMILES string of the molecule is COc1cc2c3nnc(-c4ccc(F)cc4)c-3cn(Cc3ccc(C)cc3C)c2cc1OC. The lowest BCUT2D eigenvalue weighted by atomic mass is 10.0. The third-order valence-electron chi connectivity index (χ3n) is 6.07. The van der Waals surface area contributed by atoms with Gasteiger partial charge in [-0.3, -0.25) is 0 Å². The van der Waals surface area contributed by atoms with E-state index in [0.29, 0.717) is 18.0 Å². The summed E-state index contributed by atoms with van der Waals surface area (Å²) in [5, 5.41) is 9.88. The minimum absolute atomic E-state index is 0.283. The van der Waals surface area contributed by atoms with Crippen LogP contribution < -0.4 is 9.47 Å². The first kappa shape index (κ1) is 20.9. The Labute approximate surface area is 191 Å². The minimum atomic E-state index is -0.283. The molecular weight excluding hydrogens is 417 g/mol. The van der Waals surface area contributed by atoms with Crippen molar-refractivity contribution < 1.29 is 13.9 Å². The number of aryl methyl sites for hydroxylation is 2. The topological polar surface area (TPSA) is 49.2 Å². The molecule has 5 rings (SSSR count). The molecule has 2 aliphatic rings. The number of methoxy groups -OCH3 is 2. The highest BCUT2D eigenvalue weighted by Gasteiger charge is 2.22. The fourth-order valence-corrected chi connectivity index (χ4v) is 4.32. The van der Waals surface area contributed by atoms with Crippen molar-refractivity contribution >= 4 is 10.9 Å². The maximum atomic E-state index is 13.5. The largest absolute Gasteiger partial charge is 0.493 e. The van der Waals surface area contributed by atoms with Crippen molar-refractivity contribution in [1.29, 1.82) is 0 Å². The van der Waals surface area contributed by atoms with Crippen molar-refractivity contribution in [3.63, 3.8) is 0 Å². The molecule has 0 N–H and O–H groups in total. The molecule has 5 nitrogen and oxygen atoms in total. The van der Waals surface area contributed by atoms with E-state index in [0.717, 1.165) is 33.4 Å². The highest BCUT2D eigenvalue weighted by atomic mass is 19.1. The van der Waals surface area contributed by atoms with E-state index in [9.17, 15) is 4.39 Å². The van der Waals surface area contributed by atoms with Gasteiger partial charge in [0.25, 0.3) is 0 Å². The summed E-state index contributed by atoms with van der Waals surface area (Å²) in [7, 11) is 3.25.